The number of carbonyl (C=O) groups excluding carboxylic acids is 2. The lowest BCUT2D eigenvalue weighted by Crippen LogP contribution is -2.39. The van der Waals surface area contributed by atoms with Gasteiger partial charge in [-0.3, -0.25) is 14.5 Å². The van der Waals surface area contributed by atoms with Crippen molar-refractivity contribution in [2.75, 3.05) is 31.5 Å². The number of likely N-dealkylation sites (N-methyl/N-ethyl adjacent to an activating group) is 1. The molecular weight excluding hydrogens is 467 g/mol. The van der Waals surface area contributed by atoms with Crippen molar-refractivity contribution in [2.24, 2.45) is 0 Å². The minimum atomic E-state index is -0.330. The number of halogens is 1. The highest BCUT2D eigenvalue weighted by atomic mass is 19.1. The summed E-state index contributed by atoms with van der Waals surface area (Å²) in [5.41, 5.74) is 5.95. The van der Waals surface area contributed by atoms with Gasteiger partial charge in [0.25, 0.3) is 5.91 Å². The molecule has 0 aliphatic carbocycles. The molecule has 0 radical (unpaired) electrons. The summed E-state index contributed by atoms with van der Waals surface area (Å²) in [5.74, 6) is -0.445. The molecule has 1 atom stereocenters. The van der Waals surface area contributed by atoms with Crippen molar-refractivity contribution in [3.63, 3.8) is 0 Å². The zero-order valence-electron chi connectivity index (χ0n) is 21.6. The van der Waals surface area contributed by atoms with E-state index in [1.165, 1.54) is 12.1 Å². The maximum absolute atomic E-state index is 14.0. The molecule has 1 unspecified atom stereocenters. The van der Waals surface area contributed by atoms with Crippen molar-refractivity contribution in [3.05, 3.63) is 76.9 Å². The lowest BCUT2D eigenvalue weighted by Gasteiger charge is -2.26. The van der Waals surface area contributed by atoms with Crippen molar-refractivity contribution < 1.29 is 14.0 Å². The molecule has 5 rings (SSSR count). The lowest BCUT2D eigenvalue weighted by atomic mass is 9.94. The second kappa shape index (κ2) is 10.3. The predicted molar refractivity (Wildman–Crippen MR) is 145 cm³/mol. The number of rotatable bonds is 7. The number of nitrogens with zero attached hydrogens (tertiary/aromatic N) is 2. The Morgan fingerprint density at radius 2 is 1.95 bits per heavy atom. The van der Waals surface area contributed by atoms with E-state index in [0.29, 0.717) is 22.9 Å². The van der Waals surface area contributed by atoms with Crippen LogP contribution in [-0.2, 0) is 16.0 Å². The molecule has 2 aromatic carbocycles. The summed E-state index contributed by atoms with van der Waals surface area (Å²) in [6.07, 6.45) is 3.09. The van der Waals surface area contributed by atoms with Crippen molar-refractivity contribution in [1.29, 1.82) is 0 Å². The van der Waals surface area contributed by atoms with Crippen LogP contribution in [-0.4, -0.2) is 58.8 Å². The molecule has 37 heavy (non-hydrogen) atoms. The van der Waals surface area contributed by atoms with Gasteiger partial charge in [0.05, 0.1) is 12.0 Å². The van der Waals surface area contributed by atoms with Gasteiger partial charge in [-0.05, 0) is 73.5 Å². The molecule has 192 valence electrons. The van der Waals surface area contributed by atoms with Crippen LogP contribution in [0.15, 0.2) is 48.5 Å². The van der Waals surface area contributed by atoms with Crippen molar-refractivity contribution in [1.82, 2.24) is 14.8 Å². The molecule has 0 spiro atoms. The first-order valence-electron chi connectivity index (χ1n) is 13.0. The van der Waals surface area contributed by atoms with Crippen LogP contribution in [0.2, 0.25) is 0 Å². The van der Waals surface area contributed by atoms with E-state index < -0.39 is 0 Å². The quantitative estimate of drug-likeness (QED) is 0.443. The van der Waals surface area contributed by atoms with Crippen LogP contribution in [0.25, 0.3) is 22.8 Å². The largest absolute Gasteiger partial charge is 0.359 e. The molecule has 0 bridgehead atoms. The van der Waals surface area contributed by atoms with E-state index in [1.807, 2.05) is 48.2 Å². The van der Waals surface area contributed by atoms with Crippen LogP contribution in [0.5, 0.6) is 0 Å². The Kier molecular flexibility index (Phi) is 6.98. The number of hydrogen-bond donors (Lipinski definition) is 2. The predicted octanol–water partition coefficient (Wildman–Crippen LogP) is 5.11. The second-order valence-corrected chi connectivity index (χ2v) is 9.82. The number of aryl methyl sites for hydroxylation is 1. The van der Waals surface area contributed by atoms with Gasteiger partial charge in [0.2, 0.25) is 5.91 Å². The summed E-state index contributed by atoms with van der Waals surface area (Å²) in [7, 11) is 0. The average molecular weight is 501 g/mol. The molecule has 2 aliphatic rings. The van der Waals surface area contributed by atoms with Gasteiger partial charge in [0.15, 0.2) is 0 Å². The zero-order chi connectivity index (χ0) is 26.1. The van der Waals surface area contributed by atoms with Gasteiger partial charge in [0, 0.05) is 41.8 Å². The summed E-state index contributed by atoms with van der Waals surface area (Å²) < 4.78 is 14.0. The van der Waals surface area contributed by atoms with Gasteiger partial charge in [-0.25, -0.2) is 4.39 Å². The van der Waals surface area contributed by atoms with Crippen molar-refractivity contribution in [2.45, 2.75) is 39.7 Å². The maximum atomic E-state index is 14.0. The monoisotopic (exact) mass is 500 g/mol. The van der Waals surface area contributed by atoms with E-state index in [2.05, 4.69) is 29.0 Å². The van der Waals surface area contributed by atoms with Crippen molar-refractivity contribution in [3.8, 4) is 11.1 Å². The number of aromatic amines is 1. The number of aromatic nitrogens is 1. The van der Waals surface area contributed by atoms with Crippen LogP contribution in [0.3, 0.4) is 0 Å². The van der Waals surface area contributed by atoms with E-state index in [-0.39, 0.29) is 24.1 Å². The number of benzene rings is 2. The summed E-state index contributed by atoms with van der Waals surface area (Å²) >= 11 is 0. The molecule has 3 heterocycles. The van der Waals surface area contributed by atoms with Crippen LogP contribution < -0.4 is 5.32 Å². The highest BCUT2D eigenvalue weighted by molar-refractivity contribution is 6.36. The first kappa shape index (κ1) is 25.0. The molecule has 2 aliphatic heterocycles. The average Bonchev–Trinajstić information content (AvgIpc) is 3.58. The standard InChI is InChI=1S/C30H33FN4O2/c1-4-34(5-2)23-12-13-35(18-23)28(36)16-21-14-19(3)32-27(21)17-25-29-24(20-8-6-9-22(31)15-20)10-7-11-26(29)33-30(25)37/h6-11,14-15,17,23,32H,4-5,12-13,16,18H2,1-3H3,(H,33,37)/b25-17-. The molecule has 1 saturated heterocycles. The number of H-pyrrole nitrogens is 1. The van der Waals surface area contributed by atoms with E-state index >= 15 is 0 Å². The van der Waals surface area contributed by atoms with Gasteiger partial charge in [-0.1, -0.05) is 38.1 Å². The third-order valence-electron chi connectivity index (χ3n) is 7.51. The number of hydrogen-bond acceptors (Lipinski definition) is 3. The fourth-order valence-electron chi connectivity index (χ4n) is 5.65. The van der Waals surface area contributed by atoms with E-state index in [9.17, 15) is 14.0 Å². The van der Waals surface area contributed by atoms with Gasteiger partial charge in [-0.15, -0.1) is 0 Å². The highest BCUT2D eigenvalue weighted by Gasteiger charge is 2.31. The minimum absolute atomic E-state index is 0.102. The minimum Gasteiger partial charge on any atom is -0.359 e. The van der Waals surface area contributed by atoms with Gasteiger partial charge < -0.3 is 15.2 Å². The molecular formula is C30H33FN4O2. The Labute approximate surface area is 217 Å². The number of likely N-dealkylation sites (tertiary alicyclic amines) is 1. The third kappa shape index (κ3) is 4.96. The summed E-state index contributed by atoms with van der Waals surface area (Å²) in [4.78, 5) is 34.0. The van der Waals surface area contributed by atoms with E-state index in [0.717, 1.165) is 60.7 Å². The molecule has 6 nitrogen and oxygen atoms in total. The molecule has 0 saturated carbocycles. The Morgan fingerprint density at radius 3 is 2.70 bits per heavy atom. The fourth-order valence-corrected chi connectivity index (χ4v) is 5.65. The van der Waals surface area contributed by atoms with Crippen LogP contribution >= 0.6 is 0 Å². The lowest BCUT2D eigenvalue weighted by molar-refractivity contribution is -0.129. The summed E-state index contributed by atoms with van der Waals surface area (Å²) in [6, 6.07) is 14.4. The summed E-state index contributed by atoms with van der Waals surface area (Å²) in [6.45, 7) is 9.77. The van der Waals surface area contributed by atoms with Crippen LogP contribution in [0, 0.1) is 12.7 Å². The molecule has 7 heteroatoms. The van der Waals surface area contributed by atoms with Crippen LogP contribution in [0.4, 0.5) is 10.1 Å². The molecule has 3 aromatic rings. The molecule has 2 N–H and O–H groups in total. The number of fused-ring (bicyclic) bond motifs is 1. The SMILES string of the molecule is CCN(CC)C1CCN(C(=O)Cc2cc(C)[nH]c2/C=C2\C(=O)Nc3cccc(-c4cccc(F)c4)c32)C1. The van der Waals surface area contributed by atoms with Gasteiger partial charge in [-0.2, -0.15) is 0 Å². The number of nitrogens with one attached hydrogen (secondary N) is 2. The maximum Gasteiger partial charge on any atom is 0.256 e. The normalized spacial score (nSPS) is 18.1. The first-order chi connectivity index (χ1) is 17.9. The van der Waals surface area contributed by atoms with Gasteiger partial charge >= 0.3 is 0 Å². The first-order valence-corrected chi connectivity index (χ1v) is 13.0. The fraction of sp³-hybridized carbons (Fsp3) is 0.333. The Balaban J connectivity index is 1.44. The topological polar surface area (TPSA) is 68.4 Å². The Hall–Kier alpha value is -3.71. The Bertz CT molecular complexity index is 1370. The smallest absolute Gasteiger partial charge is 0.256 e. The second-order valence-electron chi connectivity index (χ2n) is 9.82. The third-order valence-corrected chi connectivity index (χ3v) is 7.51. The number of carbonyl (C=O) groups is 2. The van der Waals surface area contributed by atoms with Crippen LogP contribution in [0.1, 0.15) is 42.8 Å². The Morgan fingerprint density at radius 1 is 1.16 bits per heavy atom. The van der Waals surface area contributed by atoms with E-state index in [1.54, 1.807) is 6.07 Å². The van der Waals surface area contributed by atoms with E-state index in [4.69, 9.17) is 0 Å². The highest BCUT2D eigenvalue weighted by Crippen LogP contribution is 2.40. The number of anilines is 1. The zero-order valence-corrected chi connectivity index (χ0v) is 21.6. The number of amides is 2. The molecule has 1 fully saturated rings. The van der Waals surface area contributed by atoms with Crippen molar-refractivity contribution >= 4 is 29.2 Å². The molecule has 2 amide bonds. The van der Waals surface area contributed by atoms with Gasteiger partial charge in [0.1, 0.15) is 5.82 Å². The summed E-state index contributed by atoms with van der Waals surface area (Å²) in [5, 5.41) is 2.94. The molecule has 1 aromatic heterocycles.